The molecule has 3 aliphatic rings. The first kappa shape index (κ1) is 32.2. The number of carbonyl (C=O) groups excluding carboxylic acids is 3. The Morgan fingerprint density at radius 1 is 1.02 bits per heavy atom. The van der Waals surface area contributed by atoms with Gasteiger partial charge < -0.3 is 24.5 Å². The molecule has 4 atom stereocenters. The van der Waals surface area contributed by atoms with E-state index in [0.717, 1.165) is 35.1 Å². The Hall–Kier alpha value is -4.76. The molecule has 3 aromatic rings. The molecule has 1 N–H and O–H groups in total. The standard InChI is InChI=1S/C35H41N7O5/c1-20(37-19-30(43)42-26(18-36)15-25-16-29(25)42)17-35(33-38-34(46)47-41(33)6)27-11-9-23(31(44)39(2)3)13-21(27)7-8-22-14-24(10-12-28(22)35)32(45)40(4)5/h9-14,20,25-26,29,37H,7-8,15-17,19H2,1-6H3/t20-,25-,26+,29+/m1/s1. The smallest absolute Gasteiger partial charge is 0.345 e. The Kier molecular flexibility index (Phi) is 8.30. The molecule has 6 rings (SSSR count). The minimum Gasteiger partial charge on any atom is -0.345 e. The maximum atomic E-state index is 13.4. The number of carbonyl (C=O) groups is 3. The quantitative estimate of drug-likeness (QED) is 0.395. The van der Waals surface area contributed by atoms with E-state index in [2.05, 4.69) is 16.4 Å². The number of hydrogen-bond donors (Lipinski definition) is 1. The second-order valence-electron chi connectivity index (χ2n) is 13.6. The van der Waals surface area contributed by atoms with Crippen molar-refractivity contribution < 1.29 is 18.9 Å². The van der Waals surface area contributed by atoms with Crippen molar-refractivity contribution in [2.45, 2.75) is 62.6 Å². The number of fused-ring (bicyclic) bond motifs is 3. The highest BCUT2D eigenvalue weighted by molar-refractivity contribution is 5.95. The van der Waals surface area contributed by atoms with Gasteiger partial charge in [-0.2, -0.15) is 15.0 Å². The summed E-state index contributed by atoms with van der Waals surface area (Å²) >= 11 is 0. The lowest BCUT2D eigenvalue weighted by Gasteiger charge is -2.38. The van der Waals surface area contributed by atoms with Gasteiger partial charge in [0, 0.05) is 58.4 Å². The fraction of sp³-hybridized carbons (Fsp3) is 0.486. The van der Waals surface area contributed by atoms with Gasteiger partial charge in [-0.1, -0.05) is 12.1 Å². The van der Waals surface area contributed by atoms with Crippen LogP contribution in [0.3, 0.4) is 0 Å². The molecule has 2 aromatic carbocycles. The average molecular weight is 640 g/mol. The van der Waals surface area contributed by atoms with Gasteiger partial charge in [0.2, 0.25) is 5.91 Å². The second kappa shape index (κ2) is 12.1. The summed E-state index contributed by atoms with van der Waals surface area (Å²) in [5.74, 6) is -0.287. The Balaban J connectivity index is 1.47. The molecule has 0 unspecified atom stereocenters. The Bertz CT molecular complexity index is 1780. The summed E-state index contributed by atoms with van der Waals surface area (Å²) in [4.78, 5) is 61.4. The van der Waals surface area contributed by atoms with Crippen molar-refractivity contribution in [1.29, 1.82) is 5.26 Å². The monoisotopic (exact) mass is 639 g/mol. The first-order valence-electron chi connectivity index (χ1n) is 16.0. The highest BCUT2D eigenvalue weighted by Gasteiger charge is 2.54. The van der Waals surface area contributed by atoms with E-state index in [-0.39, 0.29) is 36.3 Å². The summed E-state index contributed by atoms with van der Waals surface area (Å²) in [5, 5.41) is 13.0. The van der Waals surface area contributed by atoms with Crippen LogP contribution < -0.4 is 11.1 Å². The Labute approximate surface area is 273 Å². The van der Waals surface area contributed by atoms with Crippen molar-refractivity contribution in [3.05, 3.63) is 86.2 Å². The molecule has 3 amide bonds. The molecule has 0 bridgehead atoms. The van der Waals surface area contributed by atoms with E-state index in [1.54, 1.807) is 52.3 Å². The molecule has 12 nitrogen and oxygen atoms in total. The molecular weight excluding hydrogens is 598 g/mol. The molecule has 1 aliphatic heterocycles. The lowest BCUT2D eigenvalue weighted by molar-refractivity contribution is -0.131. The highest BCUT2D eigenvalue weighted by atomic mass is 16.5. The fourth-order valence-corrected chi connectivity index (χ4v) is 7.70. The van der Waals surface area contributed by atoms with Gasteiger partial charge in [0.1, 0.15) is 6.04 Å². The minimum absolute atomic E-state index is 0.0582. The van der Waals surface area contributed by atoms with Crippen LogP contribution in [0.4, 0.5) is 0 Å². The third kappa shape index (κ3) is 5.63. The maximum absolute atomic E-state index is 13.4. The number of amides is 3. The van der Waals surface area contributed by atoms with E-state index in [9.17, 15) is 24.4 Å². The molecular formula is C35H41N7O5. The van der Waals surface area contributed by atoms with Gasteiger partial charge >= 0.3 is 5.76 Å². The van der Waals surface area contributed by atoms with Crippen LogP contribution in [0, 0.1) is 17.2 Å². The third-order valence-electron chi connectivity index (χ3n) is 9.95. The van der Waals surface area contributed by atoms with Crippen molar-refractivity contribution in [3.8, 4) is 6.07 Å². The van der Waals surface area contributed by atoms with Crippen molar-refractivity contribution in [3.63, 3.8) is 0 Å². The largest absolute Gasteiger partial charge is 0.459 e. The van der Waals surface area contributed by atoms with Gasteiger partial charge in [-0.05, 0) is 91.5 Å². The van der Waals surface area contributed by atoms with Crippen LogP contribution >= 0.6 is 0 Å². The van der Waals surface area contributed by atoms with E-state index < -0.39 is 17.2 Å². The van der Waals surface area contributed by atoms with Gasteiger partial charge in [0.25, 0.3) is 11.8 Å². The normalized spacial score (nSPS) is 21.0. The Morgan fingerprint density at radius 2 is 1.60 bits per heavy atom. The number of hydrogen-bond acceptors (Lipinski definition) is 8. The van der Waals surface area contributed by atoms with Gasteiger partial charge in [-0.3, -0.25) is 14.4 Å². The van der Waals surface area contributed by atoms with Gasteiger partial charge in [0.15, 0.2) is 5.82 Å². The summed E-state index contributed by atoms with van der Waals surface area (Å²) in [6, 6.07) is 13.0. The molecule has 0 spiro atoms. The third-order valence-corrected chi connectivity index (χ3v) is 9.95. The topological polar surface area (TPSA) is 145 Å². The van der Waals surface area contributed by atoms with Crippen LogP contribution in [0.5, 0.6) is 0 Å². The van der Waals surface area contributed by atoms with Gasteiger partial charge in [-0.15, -0.1) is 0 Å². The summed E-state index contributed by atoms with van der Waals surface area (Å²) < 4.78 is 6.85. The van der Waals surface area contributed by atoms with E-state index in [0.29, 0.717) is 42.1 Å². The molecule has 1 saturated heterocycles. The Morgan fingerprint density at radius 3 is 2.09 bits per heavy atom. The highest BCUT2D eigenvalue weighted by Crippen LogP contribution is 2.49. The molecule has 47 heavy (non-hydrogen) atoms. The summed E-state index contributed by atoms with van der Waals surface area (Å²) in [6.07, 6.45) is 3.22. The predicted octanol–water partition coefficient (Wildman–Crippen LogP) is 2.09. The SMILES string of the molecule is C[C@H](CC1(c2nc(=O)on2C)c2ccc(C(=O)N(C)C)cc2CCc2cc(C(=O)N(C)C)ccc21)NCC(=O)N1[C@H](C#N)C[C@@H]2C[C@@H]21. The van der Waals surface area contributed by atoms with Crippen LogP contribution in [0.15, 0.2) is 45.7 Å². The lowest BCUT2D eigenvalue weighted by Crippen LogP contribution is -2.46. The molecule has 1 saturated carbocycles. The van der Waals surface area contributed by atoms with Gasteiger partial charge in [-0.25, -0.2) is 4.79 Å². The molecule has 2 fully saturated rings. The van der Waals surface area contributed by atoms with Crippen LogP contribution in [-0.4, -0.2) is 95.0 Å². The molecule has 2 aliphatic carbocycles. The van der Waals surface area contributed by atoms with Crippen LogP contribution in [0.25, 0.3) is 0 Å². The number of rotatable bonds is 8. The van der Waals surface area contributed by atoms with E-state index >= 15 is 0 Å². The fourth-order valence-electron chi connectivity index (χ4n) is 7.70. The molecule has 12 heteroatoms. The van der Waals surface area contributed by atoms with Gasteiger partial charge in [0.05, 0.1) is 18.0 Å². The zero-order valence-electron chi connectivity index (χ0n) is 27.7. The maximum Gasteiger partial charge on any atom is 0.459 e. The van der Waals surface area contributed by atoms with E-state index in [4.69, 9.17) is 4.52 Å². The number of aromatic nitrogens is 2. The van der Waals surface area contributed by atoms with Crippen molar-refractivity contribution in [2.24, 2.45) is 13.0 Å². The zero-order valence-corrected chi connectivity index (χ0v) is 27.7. The summed E-state index contributed by atoms with van der Waals surface area (Å²) in [6.45, 7) is 2.04. The summed E-state index contributed by atoms with van der Waals surface area (Å²) in [7, 11) is 8.49. The average Bonchev–Trinajstić information content (AvgIpc) is 3.61. The minimum atomic E-state index is -1.05. The number of piperidine rings is 1. The molecule has 246 valence electrons. The van der Waals surface area contributed by atoms with Crippen LogP contribution in [-0.2, 0) is 30.1 Å². The van der Waals surface area contributed by atoms with Crippen LogP contribution in [0.1, 0.15) is 75.0 Å². The predicted molar refractivity (Wildman–Crippen MR) is 173 cm³/mol. The molecule has 2 heterocycles. The van der Waals surface area contributed by atoms with E-state index in [1.165, 1.54) is 14.5 Å². The summed E-state index contributed by atoms with van der Waals surface area (Å²) in [5.41, 5.74) is 3.60. The lowest BCUT2D eigenvalue weighted by atomic mass is 9.67. The number of benzene rings is 2. The first-order valence-corrected chi connectivity index (χ1v) is 16.0. The number of aryl methyl sites for hydroxylation is 3. The second-order valence-corrected chi connectivity index (χ2v) is 13.6. The number of nitrogens with zero attached hydrogens (tertiary/aromatic N) is 6. The number of likely N-dealkylation sites (tertiary alicyclic amines) is 1. The van der Waals surface area contributed by atoms with Crippen molar-refractivity contribution in [1.82, 2.24) is 29.7 Å². The van der Waals surface area contributed by atoms with Crippen LogP contribution in [0.2, 0.25) is 0 Å². The van der Waals surface area contributed by atoms with Crippen molar-refractivity contribution >= 4 is 17.7 Å². The molecule has 1 aromatic heterocycles. The first-order chi connectivity index (χ1) is 22.3. The number of nitriles is 1. The zero-order chi connectivity index (χ0) is 33.8. The number of nitrogens with one attached hydrogen (secondary N) is 1. The van der Waals surface area contributed by atoms with E-state index in [1.807, 2.05) is 31.2 Å². The molecule has 0 radical (unpaired) electrons. The van der Waals surface area contributed by atoms with Crippen molar-refractivity contribution in [2.75, 3.05) is 34.7 Å².